The van der Waals surface area contributed by atoms with Crippen LogP contribution in [0.4, 0.5) is 3.89 Å². The van der Waals surface area contributed by atoms with E-state index in [4.69, 9.17) is 4.74 Å². The van der Waals surface area contributed by atoms with Crippen molar-refractivity contribution in [3.63, 3.8) is 0 Å². The maximum Gasteiger partial charge on any atom is 0.304 e. The van der Waals surface area contributed by atoms with Crippen LogP contribution < -0.4 is 0 Å². The average molecular weight is 196 g/mol. The molecule has 0 radical (unpaired) electrons. The van der Waals surface area contributed by atoms with Crippen molar-refractivity contribution in [3.8, 4) is 0 Å². The Kier molecular flexibility index (Phi) is 2.45. The normalized spacial score (nSPS) is 29.1. The molecule has 1 saturated heterocycles. The van der Waals surface area contributed by atoms with Gasteiger partial charge in [-0.25, -0.2) is 0 Å². The van der Waals surface area contributed by atoms with E-state index in [0.29, 0.717) is 13.0 Å². The van der Waals surface area contributed by atoms with Crippen LogP contribution in [0.5, 0.6) is 0 Å². The van der Waals surface area contributed by atoms with E-state index in [0.717, 1.165) is 0 Å². The molecule has 0 spiro atoms. The molecular weight excluding hydrogens is 183 g/mol. The van der Waals surface area contributed by atoms with Gasteiger partial charge in [-0.1, -0.05) is 13.8 Å². The van der Waals surface area contributed by atoms with Gasteiger partial charge in [-0.2, -0.15) is 8.42 Å². The quantitative estimate of drug-likeness (QED) is 0.621. The zero-order chi connectivity index (χ0) is 9.41. The van der Waals surface area contributed by atoms with E-state index >= 15 is 0 Å². The van der Waals surface area contributed by atoms with Crippen molar-refractivity contribution in [1.82, 2.24) is 0 Å². The summed E-state index contributed by atoms with van der Waals surface area (Å²) in [5.41, 5.74) is -0.0185. The van der Waals surface area contributed by atoms with Crippen LogP contribution >= 0.6 is 0 Å². The minimum atomic E-state index is -4.38. The van der Waals surface area contributed by atoms with Crippen LogP contribution in [0.3, 0.4) is 0 Å². The molecule has 1 atom stereocenters. The standard InChI is InChI=1S/C7H13FO3S/c1-7(2)3-6(11-5-7)4-12(8,9)10/h6H,3-5H2,1-2H3. The van der Waals surface area contributed by atoms with Gasteiger partial charge < -0.3 is 4.74 Å². The molecular formula is C7H13FO3S. The number of hydrogen-bond donors (Lipinski definition) is 0. The third-order valence-corrected chi connectivity index (χ3v) is 2.64. The average Bonchev–Trinajstić information content (AvgIpc) is 2.05. The van der Waals surface area contributed by atoms with Gasteiger partial charge in [-0.3, -0.25) is 0 Å². The smallest absolute Gasteiger partial charge is 0.304 e. The minimum Gasteiger partial charge on any atom is -0.376 e. The van der Waals surface area contributed by atoms with E-state index in [2.05, 4.69) is 0 Å². The van der Waals surface area contributed by atoms with Crippen molar-refractivity contribution in [1.29, 1.82) is 0 Å². The zero-order valence-corrected chi connectivity index (χ0v) is 8.03. The van der Waals surface area contributed by atoms with E-state index < -0.39 is 22.1 Å². The molecule has 1 aliphatic rings. The third kappa shape index (κ3) is 3.06. The lowest BCUT2D eigenvalue weighted by molar-refractivity contribution is 0.113. The van der Waals surface area contributed by atoms with Crippen molar-refractivity contribution < 1.29 is 17.0 Å². The summed E-state index contributed by atoms with van der Waals surface area (Å²) >= 11 is 0. The van der Waals surface area contributed by atoms with Crippen LogP contribution in [0.1, 0.15) is 20.3 Å². The minimum absolute atomic E-state index is 0.0185. The van der Waals surface area contributed by atoms with Crippen LogP contribution in [-0.2, 0) is 15.0 Å². The second-order valence-electron chi connectivity index (χ2n) is 4.01. The molecule has 0 saturated carbocycles. The van der Waals surface area contributed by atoms with Crippen molar-refractivity contribution in [2.75, 3.05) is 12.4 Å². The highest BCUT2D eigenvalue weighted by atomic mass is 32.3. The lowest BCUT2D eigenvalue weighted by Gasteiger charge is -2.12. The number of halogens is 1. The lowest BCUT2D eigenvalue weighted by atomic mass is 9.91. The summed E-state index contributed by atoms with van der Waals surface area (Å²) in [4.78, 5) is 0. The summed E-state index contributed by atoms with van der Waals surface area (Å²) in [6.07, 6.45) is 0.144. The van der Waals surface area contributed by atoms with Gasteiger partial charge in [0.2, 0.25) is 0 Å². The number of hydrogen-bond acceptors (Lipinski definition) is 3. The molecule has 1 heterocycles. The Labute approximate surface area is 72.1 Å². The van der Waals surface area contributed by atoms with Crippen molar-refractivity contribution in [2.45, 2.75) is 26.4 Å². The highest BCUT2D eigenvalue weighted by Crippen LogP contribution is 2.31. The van der Waals surface area contributed by atoms with E-state index in [1.54, 1.807) is 0 Å². The Hall–Kier alpha value is -0.160. The van der Waals surface area contributed by atoms with Crippen molar-refractivity contribution in [2.24, 2.45) is 5.41 Å². The van der Waals surface area contributed by atoms with Gasteiger partial charge in [0.15, 0.2) is 0 Å². The molecule has 1 unspecified atom stereocenters. The predicted molar refractivity (Wildman–Crippen MR) is 43.0 cm³/mol. The third-order valence-electron chi connectivity index (χ3n) is 1.87. The first-order valence-electron chi connectivity index (χ1n) is 3.82. The summed E-state index contributed by atoms with van der Waals surface area (Å²) in [6.45, 7) is 4.45. The Morgan fingerprint density at radius 2 is 2.17 bits per heavy atom. The molecule has 72 valence electrons. The second kappa shape index (κ2) is 2.96. The molecule has 12 heavy (non-hydrogen) atoms. The van der Waals surface area contributed by atoms with Gasteiger partial charge in [0.05, 0.1) is 12.7 Å². The Bertz CT molecular complexity index is 258. The van der Waals surface area contributed by atoms with Crippen LogP contribution in [0, 0.1) is 5.41 Å². The van der Waals surface area contributed by atoms with Gasteiger partial charge in [-0.15, -0.1) is 3.89 Å². The summed E-state index contributed by atoms with van der Waals surface area (Å²) in [6, 6.07) is 0. The predicted octanol–water partition coefficient (Wildman–Crippen LogP) is 1.10. The maximum atomic E-state index is 12.2. The first kappa shape index (κ1) is 9.92. The topological polar surface area (TPSA) is 43.4 Å². The van der Waals surface area contributed by atoms with Crippen LogP contribution in [0.25, 0.3) is 0 Å². The second-order valence-corrected chi connectivity index (χ2v) is 5.42. The Morgan fingerprint density at radius 3 is 2.50 bits per heavy atom. The van der Waals surface area contributed by atoms with Crippen molar-refractivity contribution in [3.05, 3.63) is 0 Å². The first-order chi connectivity index (χ1) is 5.29. The van der Waals surface area contributed by atoms with Gasteiger partial charge >= 0.3 is 10.2 Å². The van der Waals surface area contributed by atoms with Gasteiger partial charge in [0.25, 0.3) is 0 Å². The Morgan fingerprint density at radius 1 is 1.58 bits per heavy atom. The molecule has 0 aromatic carbocycles. The van der Waals surface area contributed by atoms with Gasteiger partial charge in [0, 0.05) is 0 Å². The van der Waals surface area contributed by atoms with Gasteiger partial charge in [0.1, 0.15) is 5.75 Å². The summed E-state index contributed by atoms with van der Waals surface area (Å²) in [5.74, 6) is -0.504. The fraction of sp³-hybridized carbons (Fsp3) is 1.00. The van der Waals surface area contributed by atoms with E-state index in [9.17, 15) is 12.3 Å². The molecule has 1 fully saturated rings. The molecule has 0 aromatic rings. The fourth-order valence-electron chi connectivity index (χ4n) is 1.41. The summed E-state index contributed by atoms with van der Waals surface area (Å²) < 4.78 is 37.8. The molecule has 0 amide bonds. The van der Waals surface area contributed by atoms with Crippen LogP contribution in [0.2, 0.25) is 0 Å². The van der Waals surface area contributed by atoms with E-state index in [1.165, 1.54) is 0 Å². The largest absolute Gasteiger partial charge is 0.376 e. The Balaban J connectivity index is 2.49. The molecule has 0 N–H and O–H groups in total. The SMILES string of the molecule is CC1(C)COC(CS(=O)(=O)F)C1. The van der Waals surface area contributed by atoms with E-state index in [1.807, 2.05) is 13.8 Å². The highest BCUT2D eigenvalue weighted by Gasteiger charge is 2.34. The van der Waals surface area contributed by atoms with E-state index in [-0.39, 0.29) is 5.41 Å². The molecule has 0 aromatic heterocycles. The monoisotopic (exact) mass is 196 g/mol. The summed E-state index contributed by atoms with van der Waals surface area (Å²) in [5, 5.41) is 0. The number of rotatable bonds is 2. The lowest BCUT2D eigenvalue weighted by Crippen LogP contribution is -2.17. The fourth-order valence-corrected chi connectivity index (χ4v) is 2.06. The zero-order valence-electron chi connectivity index (χ0n) is 7.21. The number of ether oxygens (including phenoxy) is 1. The molecule has 0 aliphatic carbocycles. The maximum absolute atomic E-state index is 12.2. The van der Waals surface area contributed by atoms with Gasteiger partial charge in [-0.05, 0) is 11.8 Å². The van der Waals surface area contributed by atoms with Crippen LogP contribution in [0.15, 0.2) is 0 Å². The van der Waals surface area contributed by atoms with Crippen LogP contribution in [-0.4, -0.2) is 26.9 Å². The summed E-state index contributed by atoms with van der Waals surface area (Å²) in [7, 11) is -4.38. The molecule has 1 aliphatic heterocycles. The first-order valence-corrected chi connectivity index (χ1v) is 5.38. The highest BCUT2D eigenvalue weighted by molar-refractivity contribution is 7.86. The molecule has 1 rings (SSSR count). The molecule has 5 heteroatoms. The van der Waals surface area contributed by atoms with Crippen molar-refractivity contribution >= 4 is 10.2 Å². The molecule has 3 nitrogen and oxygen atoms in total. The molecule has 0 bridgehead atoms.